The molecule has 0 saturated carbocycles. The Kier molecular flexibility index (Phi) is 6.70. The fourth-order valence-corrected chi connectivity index (χ4v) is 7.85. The number of hydrogen-bond donors (Lipinski definition) is 0. The Morgan fingerprint density at radius 1 is 1.24 bits per heavy atom. The van der Waals surface area contributed by atoms with Crippen molar-refractivity contribution in [2.75, 3.05) is 30.6 Å². The van der Waals surface area contributed by atoms with E-state index in [1.54, 1.807) is 17.0 Å². The molecule has 1 amide bonds. The van der Waals surface area contributed by atoms with Crippen molar-refractivity contribution >= 4 is 50.0 Å². The van der Waals surface area contributed by atoms with E-state index in [0.717, 1.165) is 0 Å². The average Bonchev–Trinajstić information content (AvgIpc) is 3.13. The molecule has 160 valence electrons. The molecule has 0 bridgehead atoms. The summed E-state index contributed by atoms with van der Waals surface area (Å²) in [6.45, 7) is 3.92. The maximum atomic E-state index is 12.7. The minimum Gasteiger partial charge on any atom is -0.495 e. The summed E-state index contributed by atoms with van der Waals surface area (Å²) >= 11 is 7.68. The van der Waals surface area contributed by atoms with Gasteiger partial charge in [-0.1, -0.05) is 37.2 Å². The number of anilines is 1. The van der Waals surface area contributed by atoms with Crippen LogP contribution in [0, 0.1) is 5.92 Å². The number of hydrogen-bond acceptors (Lipinski definition) is 6. The van der Waals surface area contributed by atoms with Crippen LogP contribution in [0.2, 0.25) is 5.02 Å². The standard InChI is InChI=1S/C19H25ClN2O5S2/c1-5-11(6-2)18(23)21-19-22(14-9-29(24,25)10-17(14)28-19)13-7-12(20)15(26-3)8-16(13)27-4/h7-8,11,14,17H,5-6,9-10H2,1-4H3/t14-,17+/m1/s1. The summed E-state index contributed by atoms with van der Waals surface area (Å²) in [5.41, 5.74) is 0.575. The number of amidine groups is 1. The Morgan fingerprint density at radius 2 is 1.90 bits per heavy atom. The number of thioether (sulfide) groups is 1. The number of halogens is 1. The SMILES string of the molecule is CCC(CC)C(=O)N=C1S[C@H]2CS(=O)(=O)C[C@H]2N1c1cc(Cl)c(OC)cc1OC. The van der Waals surface area contributed by atoms with Gasteiger partial charge in [-0.15, -0.1) is 0 Å². The Hall–Kier alpha value is -1.45. The van der Waals surface area contributed by atoms with Crippen molar-refractivity contribution in [3.05, 3.63) is 17.2 Å². The average molecular weight is 461 g/mol. The number of nitrogens with zero attached hydrogens (tertiary/aromatic N) is 2. The number of methoxy groups -OCH3 is 2. The van der Waals surface area contributed by atoms with E-state index in [2.05, 4.69) is 4.99 Å². The fraction of sp³-hybridized carbons (Fsp3) is 0.579. The molecule has 2 atom stereocenters. The summed E-state index contributed by atoms with van der Waals surface area (Å²) < 4.78 is 35.3. The van der Waals surface area contributed by atoms with Crippen molar-refractivity contribution < 1.29 is 22.7 Å². The van der Waals surface area contributed by atoms with Gasteiger partial charge in [-0.2, -0.15) is 4.99 Å². The lowest BCUT2D eigenvalue weighted by Gasteiger charge is -2.27. The van der Waals surface area contributed by atoms with Crippen LogP contribution in [0.15, 0.2) is 17.1 Å². The van der Waals surface area contributed by atoms with Crippen LogP contribution in [0.25, 0.3) is 0 Å². The highest BCUT2D eigenvalue weighted by molar-refractivity contribution is 8.16. The molecule has 7 nitrogen and oxygen atoms in total. The summed E-state index contributed by atoms with van der Waals surface area (Å²) in [5.74, 6) is 0.624. The topological polar surface area (TPSA) is 85.3 Å². The lowest BCUT2D eigenvalue weighted by atomic mass is 10.0. The van der Waals surface area contributed by atoms with Crippen LogP contribution in [0.5, 0.6) is 11.5 Å². The minimum atomic E-state index is -3.17. The summed E-state index contributed by atoms with van der Waals surface area (Å²) in [6, 6.07) is 2.99. The van der Waals surface area contributed by atoms with E-state index in [1.807, 2.05) is 13.8 Å². The van der Waals surface area contributed by atoms with Gasteiger partial charge in [0.1, 0.15) is 11.5 Å². The molecule has 1 aromatic rings. The molecule has 0 radical (unpaired) electrons. The van der Waals surface area contributed by atoms with Crippen LogP contribution in [0.3, 0.4) is 0 Å². The molecule has 0 spiro atoms. The second-order valence-electron chi connectivity index (χ2n) is 7.08. The van der Waals surface area contributed by atoms with Crippen molar-refractivity contribution in [2.24, 2.45) is 10.9 Å². The monoisotopic (exact) mass is 460 g/mol. The van der Waals surface area contributed by atoms with E-state index in [9.17, 15) is 13.2 Å². The second-order valence-corrected chi connectivity index (χ2v) is 10.8. The largest absolute Gasteiger partial charge is 0.495 e. The first-order chi connectivity index (χ1) is 13.7. The van der Waals surface area contributed by atoms with E-state index in [4.69, 9.17) is 21.1 Å². The van der Waals surface area contributed by atoms with Gasteiger partial charge in [0.15, 0.2) is 15.0 Å². The van der Waals surface area contributed by atoms with Crippen LogP contribution in [-0.2, 0) is 14.6 Å². The molecular weight excluding hydrogens is 436 g/mol. The number of ether oxygens (including phenoxy) is 2. The number of carbonyl (C=O) groups excluding carboxylic acids is 1. The first-order valence-corrected chi connectivity index (χ1v) is 12.5. The molecular formula is C19H25ClN2O5S2. The predicted octanol–water partition coefficient (Wildman–Crippen LogP) is 3.39. The molecule has 2 fully saturated rings. The van der Waals surface area contributed by atoms with Crippen molar-refractivity contribution in [3.63, 3.8) is 0 Å². The Labute approximate surface area is 180 Å². The Balaban J connectivity index is 2.10. The first kappa shape index (κ1) is 22.2. The van der Waals surface area contributed by atoms with Gasteiger partial charge in [-0.25, -0.2) is 8.42 Å². The number of sulfone groups is 1. The third-order valence-corrected chi connectivity index (χ3v) is 8.83. The molecule has 0 unspecified atom stereocenters. The maximum absolute atomic E-state index is 12.7. The third-order valence-electron chi connectivity index (χ3n) is 5.32. The smallest absolute Gasteiger partial charge is 0.251 e. The zero-order valence-electron chi connectivity index (χ0n) is 16.8. The maximum Gasteiger partial charge on any atom is 0.251 e. The van der Waals surface area contributed by atoms with Gasteiger partial charge in [-0.05, 0) is 18.9 Å². The third kappa shape index (κ3) is 4.36. The first-order valence-electron chi connectivity index (χ1n) is 9.44. The van der Waals surface area contributed by atoms with E-state index in [-0.39, 0.29) is 34.6 Å². The second kappa shape index (κ2) is 8.73. The number of benzene rings is 1. The zero-order valence-corrected chi connectivity index (χ0v) is 19.2. The molecule has 29 heavy (non-hydrogen) atoms. The van der Waals surface area contributed by atoms with E-state index < -0.39 is 9.84 Å². The van der Waals surface area contributed by atoms with Gasteiger partial charge in [0, 0.05) is 17.2 Å². The van der Waals surface area contributed by atoms with Crippen LogP contribution < -0.4 is 14.4 Å². The highest BCUT2D eigenvalue weighted by Crippen LogP contribution is 2.46. The van der Waals surface area contributed by atoms with Gasteiger partial charge in [0.25, 0.3) is 5.91 Å². The Morgan fingerprint density at radius 3 is 2.48 bits per heavy atom. The van der Waals surface area contributed by atoms with E-state index in [0.29, 0.717) is 40.2 Å². The summed E-state index contributed by atoms with van der Waals surface area (Å²) in [7, 11) is -0.142. The van der Waals surface area contributed by atoms with Crippen LogP contribution >= 0.6 is 23.4 Å². The van der Waals surface area contributed by atoms with Crippen molar-refractivity contribution in [1.82, 2.24) is 0 Å². The van der Waals surface area contributed by atoms with Crippen LogP contribution in [-0.4, -0.2) is 56.5 Å². The molecule has 0 aliphatic carbocycles. The summed E-state index contributed by atoms with van der Waals surface area (Å²) in [4.78, 5) is 18.9. The lowest BCUT2D eigenvalue weighted by Crippen LogP contribution is -2.38. The molecule has 0 aromatic heterocycles. The number of rotatable bonds is 6. The molecule has 1 aromatic carbocycles. The number of fused-ring (bicyclic) bond motifs is 1. The molecule has 2 saturated heterocycles. The fourth-order valence-electron chi connectivity index (χ4n) is 3.70. The molecule has 2 aliphatic heterocycles. The van der Waals surface area contributed by atoms with Gasteiger partial charge in [0.05, 0.1) is 42.5 Å². The van der Waals surface area contributed by atoms with Crippen LogP contribution in [0.4, 0.5) is 5.69 Å². The number of aliphatic imine (C=N–C) groups is 1. The number of amides is 1. The van der Waals surface area contributed by atoms with Crippen molar-refractivity contribution in [2.45, 2.75) is 38.0 Å². The van der Waals surface area contributed by atoms with E-state index >= 15 is 0 Å². The van der Waals surface area contributed by atoms with Gasteiger partial charge < -0.3 is 14.4 Å². The Bertz CT molecular complexity index is 931. The highest BCUT2D eigenvalue weighted by Gasteiger charge is 2.50. The van der Waals surface area contributed by atoms with Gasteiger partial charge in [0.2, 0.25) is 0 Å². The van der Waals surface area contributed by atoms with Gasteiger partial charge >= 0.3 is 0 Å². The van der Waals surface area contributed by atoms with Crippen molar-refractivity contribution in [3.8, 4) is 11.5 Å². The summed E-state index contributed by atoms with van der Waals surface area (Å²) in [6.07, 6.45) is 1.41. The van der Waals surface area contributed by atoms with Crippen LogP contribution in [0.1, 0.15) is 26.7 Å². The van der Waals surface area contributed by atoms with Crippen molar-refractivity contribution in [1.29, 1.82) is 0 Å². The minimum absolute atomic E-state index is 0.00430. The lowest BCUT2D eigenvalue weighted by molar-refractivity contribution is -0.121. The highest BCUT2D eigenvalue weighted by atomic mass is 35.5. The molecule has 10 heteroatoms. The number of carbonyl (C=O) groups is 1. The quantitative estimate of drug-likeness (QED) is 0.643. The molecule has 3 rings (SSSR count). The molecule has 2 aliphatic rings. The van der Waals surface area contributed by atoms with E-state index in [1.165, 1.54) is 26.0 Å². The molecule has 0 N–H and O–H groups in total. The predicted molar refractivity (Wildman–Crippen MR) is 117 cm³/mol. The normalized spacial score (nSPS) is 24.2. The zero-order chi connectivity index (χ0) is 21.3. The molecule has 2 heterocycles. The summed E-state index contributed by atoms with van der Waals surface area (Å²) in [5, 5.41) is 0.661. The van der Waals surface area contributed by atoms with Gasteiger partial charge in [-0.3, -0.25) is 4.79 Å².